The lowest BCUT2D eigenvalue weighted by atomic mass is 10.3. The molecule has 2 heterocycles. The fraction of sp³-hybridized carbons (Fsp3) is 0.250. The molecule has 0 bridgehead atoms. The van der Waals surface area contributed by atoms with E-state index in [2.05, 4.69) is 58.4 Å². The average Bonchev–Trinajstić information content (AvgIpc) is 2.91. The van der Waals surface area contributed by atoms with Crippen LogP contribution >= 0.6 is 11.8 Å². The van der Waals surface area contributed by atoms with Gasteiger partial charge in [-0.25, -0.2) is 9.97 Å². The van der Waals surface area contributed by atoms with Crippen molar-refractivity contribution in [1.82, 2.24) is 15.0 Å². The number of para-hydroxylation sites is 1. The van der Waals surface area contributed by atoms with E-state index in [-0.39, 0.29) is 0 Å². The van der Waals surface area contributed by atoms with Crippen molar-refractivity contribution in [3.63, 3.8) is 0 Å². The van der Waals surface area contributed by atoms with E-state index in [0.29, 0.717) is 0 Å². The predicted molar refractivity (Wildman–Crippen MR) is 88.1 cm³/mol. The van der Waals surface area contributed by atoms with Crippen molar-refractivity contribution in [2.45, 2.75) is 30.3 Å². The van der Waals surface area contributed by atoms with E-state index in [1.165, 1.54) is 5.39 Å². The molecule has 0 spiro atoms. The van der Waals surface area contributed by atoms with Gasteiger partial charge in [0.05, 0.1) is 5.03 Å². The van der Waals surface area contributed by atoms with Gasteiger partial charge in [-0.3, -0.25) is 0 Å². The Balaban J connectivity index is 2.00. The van der Waals surface area contributed by atoms with Crippen LogP contribution in [0.3, 0.4) is 0 Å². The van der Waals surface area contributed by atoms with E-state index < -0.39 is 0 Å². The van der Waals surface area contributed by atoms with E-state index in [0.717, 1.165) is 39.2 Å². The molecule has 0 aliphatic heterocycles. The minimum atomic E-state index is 0.829. The topological polar surface area (TPSA) is 53.6 Å². The van der Waals surface area contributed by atoms with Crippen LogP contribution in [0.2, 0.25) is 0 Å². The molecule has 5 heteroatoms. The average molecular weight is 298 g/mol. The molecule has 0 unspecified atom stereocenters. The van der Waals surface area contributed by atoms with Gasteiger partial charge in [0, 0.05) is 29.9 Å². The van der Waals surface area contributed by atoms with Crippen molar-refractivity contribution in [2.24, 2.45) is 0 Å². The smallest absolute Gasteiger partial charge is 0.133 e. The van der Waals surface area contributed by atoms with Gasteiger partial charge >= 0.3 is 0 Å². The summed E-state index contributed by atoms with van der Waals surface area (Å²) in [6.45, 7) is 4.12. The highest BCUT2D eigenvalue weighted by molar-refractivity contribution is 7.99. The molecule has 2 N–H and O–H groups in total. The third-order valence-corrected chi connectivity index (χ3v) is 4.44. The number of hydrogen-bond acceptors (Lipinski definition) is 4. The molecule has 0 fully saturated rings. The zero-order valence-corrected chi connectivity index (χ0v) is 13.2. The van der Waals surface area contributed by atoms with Gasteiger partial charge in [0.1, 0.15) is 16.7 Å². The Morgan fingerprint density at radius 3 is 2.76 bits per heavy atom. The van der Waals surface area contributed by atoms with Crippen LogP contribution in [-0.2, 0) is 6.42 Å². The first-order chi connectivity index (χ1) is 10.2. The minimum absolute atomic E-state index is 0.829. The van der Waals surface area contributed by atoms with Crippen molar-refractivity contribution in [3.8, 4) is 0 Å². The van der Waals surface area contributed by atoms with Crippen LogP contribution in [0.1, 0.15) is 18.3 Å². The SMILES string of the molecule is CCc1nc(NC)c(C)c(Sc2cc3ccccc3[nH]2)n1. The maximum Gasteiger partial charge on any atom is 0.133 e. The number of nitrogens with zero attached hydrogens (tertiary/aromatic N) is 2. The van der Waals surface area contributed by atoms with Crippen molar-refractivity contribution in [1.29, 1.82) is 0 Å². The van der Waals surface area contributed by atoms with E-state index in [4.69, 9.17) is 0 Å². The van der Waals surface area contributed by atoms with Gasteiger partial charge in [0.15, 0.2) is 0 Å². The first-order valence-electron chi connectivity index (χ1n) is 7.02. The maximum absolute atomic E-state index is 4.66. The third-order valence-electron chi connectivity index (χ3n) is 3.41. The molecular formula is C16H18N4S. The second-order valence-electron chi connectivity index (χ2n) is 4.85. The first-order valence-corrected chi connectivity index (χ1v) is 7.83. The molecule has 0 aliphatic rings. The molecular weight excluding hydrogens is 280 g/mol. The van der Waals surface area contributed by atoms with Gasteiger partial charge in [0.2, 0.25) is 0 Å². The maximum atomic E-state index is 4.66. The fourth-order valence-electron chi connectivity index (χ4n) is 2.25. The largest absolute Gasteiger partial charge is 0.373 e. The molecule has 4 nitrogen and oxygen atoms in total. The normalized spacial score (nSPS) is 11.0. The lowest BCUT2D eigenvalue weighted by Crippen LogP contribution is -2.04. The summed E-state index contributed by atoms with van der Waals surface area (Å²) in [6.07, 6.45) is 0.829. The number of aromatic nitrogens is 3. The number of anilines is 1. The molecule has 1 aromatic carbocycles. The second-order valence-corrected chi connectivity index (χ2v) is 5.88. The molecule has 21 heavy (non-hydrogen) atoms. The highest BCUT2D eigenvalue weighted by Crippen LogP contribution is 2.32. The summed E-state index contributed by atoms with van der Waals surface area (Å²) in [5.74, 6) is 1.77. The third kappa shape index (κ3) is 2.74. The van der Waals surface area contributed by atoms with Gasteiger partial charge in [0.25, 0.3) is 0 Å². The molecule has 2 aromatic heterocycles. The lowest BCUT2D eigenvalue weighted by Gasteiger charge is -2.10. The molecule has 0 atom stereocenters. The Hall–Kier alpha value is -2.01. The predicted octanol–water partition coefficient (Wildman–Crippen LogP) is 4.02. The van der Waals surface area contributed by atoms with Gasteiger partial charge in [-0.05, 0) is 19.1 Å². The summed E-state index contributed by atoms with van der Waals surface area (Å²) < 4.78 is 0. The summed E-state index contributed by atoms with van der Waals surface area (Å²) in [5.41, 5.74) is 2.23. The van der Waals surface area contributed by atoms with E-state index in [1.807, 2.05) is 13.1 Å². The molecule has 3 aromatic rings. The van der Waals surface area contributed by atoms with E-state index in [1.54, 1.807) is 11.8 Å². The van der Waals surface area contributed by atoms with Gasteiger partial charge in [-0.2, -0.15) is 0 Å². The van der Waals surface area contributed by atoms with E-state index >= 15 is 0 Å². The number of fused-ring (bicyclic) bond motifs is 1. The number of aromatic amines is 1. The number of hydrogen-bond donors (Lipinski definition) is 2. The summed E-state index contributed by atoms with van der Waals surface area (Å²) in [4.78, 5) is 12.6. The Morgan fingerprint density at radius 1 is 1.24 bits per heavy atom. The van der Waals surface area contributed by atoms with Gasteiger partial charge in [-0.15, -0.1) is 0 Å². The molecule has 0 saturated heterocycles. The summed E-state index contributed by atoms with van der Waals surface area (Å²) >= 11 is 1.65. The van der Waals surface area contributed by atoms with Crippen LogP contribution in [0.15, 0.2) is 40.4 Å². The standard InChI is InChI=1S/C16H18N4S/c1-4-13-19-15(17-3)10(2)16(20-13)21-14-9-11-7-5-6-8-12(11)18-14/h5-9,18H,4H2,1-3H3,(H,17,19,20). The fourth-order valence-corrected chi connectivity index (χ4v) is 3.20. The molecule has 0 aliphatic carbocycles. The Labute approximate surface area is 128 Å². The Kier molecular flexibility index (Phi) is 3.84. The highest BCUT2D eigenvalue weighted by Gasteiger charge is 2.12. The van der Waals surface area contributed by atoms with Gasteiger partial charge < -0.3 is 10.3 Å². The lowest BCUT2D eigenvalue weighted by molar-refractivity contribution is 0.874. The van der Waals surface area contributed by atoms with Crippen LogP contribution in [0, 0.1) is 6.92 Å². The van der Waals surface area contributed by atoms with Crippen LogP contribution in [-0.4, -0.2) is 22.0 Å². The summed E-state index contributed by atoms with van der Waals surface area (Å²) in [5, 5.41) is 6.46. The van der Waals surface area contributed by atoms with Crippen LogP contribution < -0.4 is 5.32 Å². The number of rotatable bonds is 4. The Bertz CT molecular complexity index is 746. The molecule has 0 radical (unpaired) electrons. The van der Waals surface area contributed by atoms with E-state index in [9.17, 15) is 0 Å². The van der Waals surface area contributed by atoms with Crippen LogP contribution in [0.5, 0.6) is 0 Å². The van der Waals surface area contributed by atoms with Crippen molar-refractivity contribution < 1.29 is 0 Å². The monoisotopic (exact) mass is 298 g/mol. The quantitative estimate of drug-likeness (QED) is 0.714. The van der Waals surface area contributed by atoms with Crippen LogP contribution in [0.25, 0.3) is 10.9 Å². The summed E-state index contributed by atoms with van der Waals surface area (Å²) in [6, 6.07) is 10.4. The number of aryl methyl sites for hydroxylation is 1. The minimum Gasteiger partial charge on any atom is -0.373 e. The van der Waals surface area contributed by atoms with Gasteiger partial charge in [-0.1, -0.05) is 36.9 Å². The number of H-pyrrole nitrogens is 1. The highest BCUT2D eigenvalue weighted by atomic mass is 32.2. The molecule has 0 saturated carbocycles. The Morgan fingerprint density at radius 2 is 2.05 bits per heavy atom. The molecule has 0 amide bonds. The van der Waals surface area contributed by atoms with Crippen molar-refractivity contribution in [2.75, 3.05) is 12.4 Å². The van der Waals surface area contributed by atoms with Crippen molar-refractivity contribution in [3.05, 3.63) is 41.7 Å². The van der Waals surface area contributed by atoms with Crippen molar-refractivity contribution >= 4 is 28.5 Å². The zero-order chi connectivity index (χ0) is 14.8. The zero-order valence-electron chi connectivity index (χ0n) is 12.4. The molecule has 3 rings (SSSR count). The molecule has 108 valence electrons. The number of benzene rings is 1. The second kappa shape index (κ2) is 5.77. The van der Waals surface area contributed by atoms with Crippen LogP contribution in [0.4, 0.5) is 5.82 Å². The summed E-state index contributed by atoms with van der Waals surface area (Å²) in [7, 11) is 1.89. The first kappa shape index (κ1) is 13.9. The number of nitrogens with one attached hydrogen (secondary N) is 2.